The number of rotatable bonds is 4. The van der Waals surface area contributed by atoms with Crippen LogP contribution < -0.4 is 5.73 Å². The van der Waals surface area contributed by atoms with Gasteiger partial charge in [-0.1, -0.05) is 23.8 Å². The van der Waals surface area contributed by atoms with Crippen molar-refractivity contribution in [2.45, 2.75) is 44.6 Å². The Morgan fingerprint density at radius 3 is 2.53 bits per heavy atom. The zero-order valence-corrected chi connectivity index (χ0v) is 10.2. The van der Waals surface area contributed by atoms with Crippen LogP contribution in [0.15, 0.2) is 35.9 Å². The van der Waals surface area contributed by atoms with E-state index in [2.05, 4.69) is 6.08 Å². The largest absolute Gasteiger partial charge is 0.327 e. The summed E-state index contributed by atoms with van der Waals surface area (Å²) in [6.45, 7) is 0. The van der Waals surface area contributed by atoms with Gasteiger partial charge in [-0.2, -0.15) is 0 Å². The van der Waals surface area contributed by atoms with Crippen molar-refractivity contribution in [3.63, 3.8) is 0 Å². The normalized spacial score (nSPS) is 17.6. The van der Waals surface area contributed by atoms with E-state index in [-0.39, 0.29) is 11.9 Å². The molecule has 0 amide bonds. The monoisotopic (exact) mass is 233 g/mol. The lowest BCUT2D eigenvalue weighted by Crippen LogP contribution is -2.23. The first-order valence-electron chi connectivity index (χ1n) is 6.42. The first-order chi connectivity index (χ1) is 8.24. The van der Waals surface area contributed by atoms with Crippen molar-refractivity contribution < 1.29 is 4.39 Å². The van der Waals surface area contributed by atoms with Gasteiger partial charge in [0.05, 0.1) is 0 Å². The van der Waals surface area contributed by atoms with Gasteiger partial charge in [-0.05, 0) is 56.2 Å². The third-order valence-electron chi connectivity index (χ3n) is 3.32. The third-order valence-corrected chi connectivity index (χ3v) is 3.32. The summed E-state index contributed by atoms with van der Waals surface area (Å²) in [5, 5.41) is 0. The number of nitrogens with two attached hydrogens (primary N) is 1. The predicted molar refractivity (Wildman–Crippen MR) is 69.2 cm³/mol. The lowest BCUT2D eigenvalue weighted by atomic mass is 9.92. The molecule has 0 aromatic heterocycles. The van der Waals surface area contributed by atoms with E-state index < -0.39 is 0 Å². The van der Waals surface area contributed by atoms with Crippen molar-refractivity contribution in [3.05, 3.63) is 47.3 Å². The van der Waals surface area contributed by atoms with Gasteiger partial charge in [-0.15, -0.1) is 0 Å². The van der Waals surface area contributed by atoms with Crippen LogP contribution in [0.1, 0.15) is 37.7 Å². The Hall–Kier alpha value is -1.15. The molecule has 1 aromatic carbocycles. The summed E-state index contributed by atoms with van der Waals surface area (Å²) in [6, 6.07) is 6.81. The molecular weight excluding hydrogens is 213 g/mol. The lowest BCUT2D eigenvalue weighted by molar-refractivity contribution is 0.602. The van der Waals surface area contributed by atoms with E-state index in [1.807, 2.05) is 12.1 Å². The number of allylic oxidation sites excluding steroid dienone is 1. The van der Waals surface area contributed by atoms with Crippen LogP contribution in [-0.2, 0) is 6.42 Å². The molecule has 2 rings (SSSR count). The van der Waals surface area contributed by atoms with Crippen molar-refractivity contribution in [1.29, 1.82) is 0 Å². The fourth-order valence-electron chi connectivity index (χ4n) is 2.42. The maximum absolute atomic E-state index is 12.8. The fourth-order valence-corrected chi connectivity index (χ4v) is 2.42. The van der Waals surface area contributed by atoms with Crippen LogP contribution in [0.2, 0.25) is 0 Å². The molecule has 0 radical (unpaired) electrons. The van der Waals surface area contributed by atoms with E-state index in [0.29, 0.717) is 0 Å². The molecule has 0 saturated carbocycles. The van der Waals surface area contributed by atoms with Crippen LogP contribution in [0.25, 0.3) is 0 Å². The van der Waals surface area contributed by atoms with Crippen LogP contribution in [0, 0.1) is 5.82 Å². The van der Waals surface area contributed by atoms with Crippen LogP contribution in [0.3, 0.4) is 0 Å². The zero-order chi connectivity index (χ0) is 12.1. The molecule has 0 bridgehead atoms. The maximum Gasteiger partial charge on any atom is 0.123 e. The first kappa shape index (κ1) is 12.3. The molecule has 0 saturated heterocycles. The van der Waals surface area contributed by atoms with Gasteiger partial charge in [-0.25, -0.2) is 4.39 Å². The average Bonchev–Trinajstić information content (AvgIpc) is 2.33. The molecule has 0 heterocycles. The Labute approximate surface area is 103 Å². The molecule has 0 spiro atoms. The Morgan fingerprint density at radius 2 is 1.88 bits per heavy atom. The fraction of sp³-hybridized carbons (Fsp3) is 0.467. The third kappa shape index (κ3) is 3.97. The Kier molecular flexibility index (Phi) is 4.32. The minimum absolute atomic E-state index is 0.157. The number of halogens is 1. The Balaban J connectivity index is 1.86. The second kappa shape index (κ2) is 5.97. The molecule has 0 fully saturated rings. The van der Waals surface area contributed by atoms with E-state index in [9.17, 15) is 4.39 Å². The van der Waals surface area contributed by atoms with E-state index in [0.717, 1.165) is 18.4 Å². The average molecular weight is 233 g/mol. The summed E-state index contributed by atoms with van der Waals surface area (Å²) >= 11 is 0. The van der Waals surface area contributed by atoms with Gasteiger partial charge in [0.2, 0.25) is 0 Å². The highest BCUT2D eigenvalue weighted by molar-refractivity contribution is 5.18. The molecule has 1 aliphatic rings. The van der Waals surface area contributed by atoms with Crippen LogP contribution in [-0.4, -0.2) is 6.04 Å². The zero-order valence-electron chi connectivity index (χ0n) is 10.2. The first-order valence-corrected chi connectivity index (χ1v) is 6.42. The highest BCUT2D eigenvalue weighted by Gasteiger charge is 2.09. The van der Waals surface area contributed by atoms with Gasteiger partial charge < -0.3 is 5.73 Å². The smallest absolute Gasteiger partial charge is 0.123 e. The standard InChI is InChI=1S/C15H20FN/c16-14-8-6-13(7-9-14)11-15(17)10-12-4-2-1-3-5-12/h4,6-9,15H,1-3,5,10-11,17H2. The molecule has 1 aromatic rings. The topological polar surface area (TPSA) is 26.0 Å². The molecular formula is C15H20FN. The molecule has 17 heavy (non-hydrogen) atoms. The van der Waals surface area contributed by atoms with E-state index in [1.165, 1.54) is 43.4 Å². The molecule has 1 unspecified atom stereocenters. The lowest BCUT2D eigenvalue weighted by Gasteiger charge is -2.17. The number of hydrogen-bond donors (Lipinski definition) is 1. The van der Waals surface area contributed by atoms with Crippen LogP contribution in [0.4, 0.5) is 4.39 Å². The highest BCUT2D eigenvalue weighted by atomic mass is 19.1. The van der Waals surface area contributed by atoms with Crippen molar-refractivity contribution >= 4 is 0 Å². The SMILES string of the molecule is NC(CC1=CCCCC1)Cc1ccc(F)cc1. The van der Waals surface area contributed by atoms with Crippen LogP contribution >= 0.6 is 0 Å². The van der Waals surface area contributed by atoms with E-state index in [4.69, 9.17) is 5.73 Å². The van der Waals surface area contributed by atoms with Crippen molar-refractivity contribution in [2.24, 2.45) is 5.73 Å². The van der Waals surface area contributed by atoms with Crippen molar-refractivity contribution in [3.8, 4) is 0 Å². The molecule has 0 aliphatic heterocycles. The van der Waals surface area contributed by atoms with Gasteiger partial charge in [0.25, 0.3) is 0 Å². The summed E-state index contributed by atoms with van der Waals surface area (Å²) in [5.41, 5.74) is 8.77. The molecule has 1 atom stereocenters. The van der Waals surface area contributed by atoms with Crippen LogP contribution in [0.5, 0.6) is 0 Å². The molecule has 2 heteroatoms. The predicted octanol–water partition coefficient (Wildman–Crippen LogP) is 3.59. The molecule has 1 aliphatic carbocycles. The Bertz CT molecular complexity index is 380. The molecule has 1 nitrogen and oxygen atoms in total. The Morgan fingerprint density at radius 1 is 1.12 bits per heavy atom. The second-order valence-corrected chi connectivity index (χ2v) is 4.90. The number of hydrogen-bond acceptors (Lipinski definition) is 1. The quantitative estimate of drug-likeness (QED) is 0.790. The van der Waals surface area contributed by atoms with Crippen molar-refractivity contribution in [2.75, 3.05) is 0 Å². The maximum atomic E-state index is 12.8. The highest BCUT2D eigenvalue weighted by Crippen LogP contribution is 2.21. The second-order valence-electron chi connectivity index (χ2n) is 4.90. The number of benzene rings is 1. The summed E-state index contributed by atoms with van der Waals surface area (Å²) in [4.78, 5) is 0. The van der Waals surface area contributed by atoms with E-state index in [1.54, 1.807) is 0 Å². The summed E-state index contributed by atoms with van der Waals surface area (Å²) in [5.74, 6) is -0.183. The van der Waals surface area contributed by atoms with Gasteiger partial charge >= 0.3 is 0 Å². The summed E-state index contributed by atoms with van der Waals surface area (Å²) < 4.78 is 12.8. The molecule has 2 N–H and O–H groups in total. The van der Waals surface area contributed by atoms with Gasteiger partial charge in [0.1, 0.15) is 5.82 Å². The van der Waals surface area contributed by atoms with Crippen molar-refractivity contribution in [1.82, 2.24) is 0 Å². The minimum atomic E-state index is -0.183. The van der Waals surface area contributed by atoms with Gasteiger partial charge in [0.15, 0.2) is 0 Å². The minimum Gasteiger partial charge on any atom is -0.327 e. The molecule has 92 valence electrons. The summed E-state index contributed by atoms with van der Waals surface area (Å²) in [7, 11) is 0. The summed E-state index contributed by atoms with van der Waals surface area (Å²) in [6.07, 6.45) is 9.19. The van der Waals surface area contributed by atoms with E-state index >= 15 is 0 Å². The van der Waals surface area contributed by atoms with Gasteiger partial charge in [0, 0.05) is 6.04 Å². The van der Waals surface area contributed by atoms with Gasteiger partial charge in [-0.3, -0.25) is 0 Å².